The molecule has 8 heteroatoms. The third-order valence-electron chi connectivity index (χ3n) is 3.95. The number of pyridine rings is 1. The number of azide groups is 1. The minimum absolute atomic E-state index is 0.447. The summed E-state index contributed by atoms with van der Waals surface area (Å²) < 4.78 is 0.800. The second-order valence-corrected chi connectivity index (χ2v) is 6.50. The van der Waals surface area contributed by atoms with Gasteiger partial charge in [0.25, 0.3) is 0 Å². The van der Waals surface area contributed by atoms with Crippen molar-refractivity contribution in [2.24, 2.45) is 5.11 Å². The molecule has 24 heavy (non-hydrogen) atoms. The van der Waals surface area contributed by atoms with Gasteiger partial charge in [-0.3, -0.25) is 9.69 Å². The van der Waals surface area contributed by atoms with Crippen molar-refractivity contribution in [3.05, 3.63) is 67.7 Å². The first-order valence-electron chi connectivity index (χ1n) is 7.35. The van der Waals surface area contributed by atoms with E-state index in [1.807, 2.05) is 24.3 Å². The van der Waals surface area contributed by atoms with Gasteiger partial charge in [-0.25, -0.2) is 4.98 Å². The Morgan fingerprint density at radius 3 is 2.92 bits per heavy atom. The molecule has 0 unspecified atom stereocenters. The Morgan fingerprint density at radius 1 is 1.38 bits per heavy atom. The van der Waals surface area contributed by atoms with Crippen molar-refractivity contribution in [3.63, 3.8) is 0 Å². The molecule has 2 aromatic rings. The molecule has 0 spiro atoms. The van der Waals surface area contributed by atoms with Crippen LogP contribution in [0.15, 0.2) is 47.7 Å². The van der Waals surface area contributed by atoms with E-state index in [0.29, 0.717) is 24.3 Å². The Bertz CT molecular complexity index is 822. The third kappa shape index (κ3) is 3.08. The fourth-order valence-electron chi connectivity index (χ4n) is 2.77. The van der Waals surface area contributed by atoms with Crippen molar-refractivity contribution < 1.29 is 9.90 Å². The summed E-state index contributed by atoms with van der Waals surface area (Å²) in [4.78, 5) is 21.4. The van der Waals surface area contributed by atoms with Gasteiger partial charge in [0.15, 0.2) is 0 Å². The van der Waals surface area contributed by atoms with E-state index in [9.17, 15) is 9.90 Å². The van der Waals surface area contributed by atoms with Crippen LogP contribution >= 0.6 is 22.6 Å². The maximum Gasteiger partial charge on any atom is 0.240 e. The van der Waals surface area contributed by atoms with E-state index >= 15 is 0 Å². The number of benzene rings is 1. The number of fused-ring (bicyclic) bond motifs is 1. The molecule has 1 aromatic carbocycles. The number of rotatable bonds is 4. The molecule has 0 saturated carbocycles. The van der Waals surface area contributed by atoms with Gasteiger partial charge in [-0.2, -0.15) is 0 Å². The van der Waals surface area contributed by atoms with E-state index < -0.39 is 18.1 Å². The number of nitrogens with zero attached hydrogens (tertiary/aromatic N) is 5. The highest BCUT2D eigenvalue weighted by molar-refractivity contribution is 14.1. The Balaban J connectivity index is 1.93. The molecule has 3 rings (SSSR count). The monoisotopic (exact) mass is 435 g/mol. The van der Waals surface area contributed by atoms with Gasteiger partial charge in [-0.1, -0.05) is 29.4 Å². The SMILES string of the molecule is [N-]=[N+]=N[C@@H](C(=O)N1CCc2cccnc21)[C@@H](O)c1ccccc1I. The second-order valence-electron chi connectivity index (χ2n) is 5.34. The molecular weight excluding hydrogens is 421 g/mol. The molecule has 2 heterocycles. The zero-order chi connectivity index (χ0) is 17.1. The molecule has 1 aliphatic rings. The standard InChI is InChI=1S/C16H14IN5O2/c17-12-6-2-1-5-11(12)14(23)13(20-21-18)16(24)22-9-7-10-4-3-8-19-15(10)22/h1-6,8,13-14,23H,7,9H2/t13-,14+/m1/s1. The normalized spacial score (nSPS) is 15.3. The molecular formula is C16H14IN5O2. The number of aromatic nitrogens is 1. The largest absolute Gasteiger partial charge is 0.387 e. The van der Waals surface area contributed by atoms with E-state index in [2.05, 4.69) is 37.6 Å². The van der Waals surface area contributed by atoms with Gasteiger partial charge in [0.1, 0.15) is 11.9 Å². The zero-order valence-electron chi connectivity index (χ0n) is 12.6. The van der Waals surface area contributed by atoms with Crippen LogP contribution in [-0.4, -0.2) is 28.6 Å². The van der Waals surface area contributed by atoms with E-state index in [-0.39, 0.29) is 0 Å². The van der Waals surface area contributed by atoms with Crippen molar-refractivity contribution in [2.45, 2.75) is 18.6 Å². The molecule has 1 N–H and O–H groups in total. The van der Waals surface area contributed by atoms with Gasteiger partial charge in [-0.05, 0) is 57.8 Å². The first kappa shape index (κ1) is 16.7. The minimum atomic E-state index is -1.24. The maximum atomic E-state index is 12.9. The highest BCUT2D eigenvalue weighted by Crippen LogP contribution is 2.30. The van der Waals surface area contributed by atoms with Gasteiger partial charge < -0.3 is 5.11 Å². The molecule has 1 aromatic heterocycles. The average molecular weight is 435 g/mol. The van der Waals surface area contributed by atoms with Crippen LogP contribution in [0.1, 0.15) is 17.2 Å². The fraction of sp³-hybridized carbons (Fsp3) is 0.250. The number of carbonyl (C=O) groups excluding carboxylic acids is 1. The predicted molar refractivity (Wildman–Crippen MR) is 97.3 cm³/mol. The smallest absolute Gasteiger partial charge is 0.240 e. The Hall–Kier alpha value is -2.16. The zero-order valence-corrected chi connectivity index (χ0v) is 14.7. The third-order valence-corrected chi connectivity index (χ3v) is 4.93. The highest BCUT2D eigenvalue weighted by atomic mass is 127. The number of hydrogen-bond donors (Lipinski definition) is 1. The molecule has 0 bridgehead atoms. The van der Waals surface area contributed by atoms with Crippen molar-refractivity contribution in [1.82, 2.24) is 4.98 Å². The lowest BCUT2D eigenvalue weighted by molar-refractivity contribution is -0.122. The van der Waals surface area contributed by atoms with Gasteiger partial charge >= 0.3 is 0 Å². The van der Waals surface area contributed by atoms with Crippen LogP contribution in [0.3, 0.4) is 0 Å². The van der Waals surface area contributed by atoms with E-state index in [0.717, 1.165) is 9.13 Å². The fourth-order valence-corrected chi connectivity index (χ4v) is 3.48. The van der Waals surface area contributed by atoms with Crippen molar-refractivity contribution >= 4 is 34.3 Å². The lowest BCUT2D eigenvalue weighted by atomic mass is 10.0. The van der Waals surface area contributed by atoms with Crippen LogP contribution in [0.5, 0.6) is 0 Å². The van der Waals surface area contributed by atoms with Crippen LogP contribution in [0.4, 0.5) is 5.82 Å². The maximum absolute atomic E-state index is 12.9. The van der Waals surface area contributed by atoms with Crippen LogP contribution in [0.2, 0.25) is 0 Å². The summed E-state index contributed by atoms with van der Waals surface area (Å²) >= 11 is 2.08. The number of aliphatic hydroxyl groups excluding tert-OH is 1. The van der Waals surface area contributed by atoms with Crippen LogP contribution in [0, 0.1) is 3.57 Å². The Morgan fingerprint density at radius 2 is 2.17 bits per heavy atom. The van der Waals surface area contributed by atoms with Crippen molar-refractivity contribution in [2.75, 3.05) is 11.4 Å². The second kappa shape index (κ2) is 7.16. The summed E-state index contributed by atoms with van der Waals surface area (Å²) in [7, 11) is 0. The van der Waals surface area contributed by atoms with Gasteiger partial charge in [0.2, 0.25) is 5.91 Å². The Kier molecular flexibility index (Phi) is 4.98. The summed E-state index contributed by atoms with van der Waals surface area (Å²) in [6.07, 6.45) is 1.09. The van der Waals surface area contributed by atoms with Gasteiger partial charge in [0, 0.05) is 21.2 Å². The number of amides is 1. The van der Waals surface area contributed by atoms with Gasteiger partial charge in [-0.15, -0.1) is 0 Å². The summed E-state index contributed by atoms with van der Waals surface area (Å²) in [5.41, 5.74) is 10.4. The van der Waals surface area contributed by atoms with Crippen LogP contribution in [-0.2, 0) is 11.2 Å². The average Bonchev–Trinajstić information content (AvgIpc) is 3.03. The number of aliphatic hydroxyl groups is 1. The van der Waals surface area contributed by atoms with Crippen molar-refractivity contribution in [1.29, 1.82) is 0 Å². The number of hydrogen-bond acceptors (Lipinski definition) is 4. The number of carbonyl (C=O) groups is 1. The van der Waals surface area contributed by atoms with E-state index in [1.54, 1.807) is 18.3 Å². The molecule has 122 valence electrons. The molecule has 0 saturated heterocycles. The molecule has 0 fully saturated rings. The molecule has 0 radical (unpaired) electrons. The van der Waals surface area contributed by atoms with Crippen LogP contribution < -0.4 is 4.90 Å². The van der Waals surface area contributed by atoms with Gasteiger partial charge in [0.05, 0.1) is 6.10 Å². The summed E-state index contributed by atoms with van der Waals surface area (Å²) in [5.74, 6) is 0.119. The number of anilines is 1. The molecule has 1 amide bonds. The molecule has 0 aliphatic carbocycles. The summed E-state index contributed by atoms with van der Waals surface area (Å²) in [5, 5.41) is 14.2. The van der Waals surface area contributed by atoms with Crippen LogP contribution in [0.25, 0.3) is 10.4 Å². The summed E-state index contributed by atoms with van der Waals surface area (Å²) in [6, 6.07) is 9.64. The first-order chi connectivity index (χ1) is 11.6. The molecule has 1 aliphatic heterocycles. The number of halogens is 1. The Labute approximate surface area is 152 Å². The molecule has 7 nitrogen and oxygen atoms in total. The first-order valence-corrected chi connectivity index (χ1v) is 8.43. The molecule has 2 atom stereocenters. The minimum Gasteiger partial charge on any atom is -0.387 e. The summed E-state index contributed by atoms with van der Waals surface area (Å²) in [6.45, 7) is 0.460. The van der Waals surface area contributed by atoms with Crippen molar-refractivity contribution in [3.8, 4) is 0 Å². The quantitative estimate of drug-likeness (QED) is 0.346. The van der Waals surface area contributed by atoms with E-state index in [4.69, 9.17) is 5.53 Å². The lowest BCUT2D eigenvalue weighted by Gasteiger charge is -2.24. The topological polar surface area (TPSA) is 102 Å². The van der Waals surface area contributed by atoms with E-state index in [1.165, 1.54) is 4.90 Å². The lowest BCUT2D eigenvalue weighted by Crippen LogP contribution is -2.40. The predicted octanol–water partition coefficient (Wildman–Crippen LogP) is 2.99. The highest BCUT2D eigenvalue weighted by Gasteiger charge is 2.35.